The van der Waals surface area contributed by atoms with Gasteiger partial charge in [0.2, 0.25) is 0 Å². The van der Waals surface area contributed by atoms with E-state index in [0.29, 0.717) is 6.54 Å². The lowest BCUT2D eigenvalue weighted by atomic mass is 10.2. The van der Waals surface area contributed by atoms with Crippen LogP contribution in [0.3, 0.4) is 0 Å². The van der Waals surface area contributed by atoms with Gasteiger partial charge in [-0.05, 0) is 36.3 Å². The van der Waals surface area contributed by atoms with E-state index in [4.69, 9.17) is 9.47 Å². The van der Waals surface area contributed by atoms with Crippen molar-refractivity contribution in [1.29, 1.82) is 0 Å². The van der Waals surface area contributed by atoms with Crippen molar-refractivity contribution >= 4 is 18.0 Å². The Labute approximate surface area is 147 Å². The van der Waals surface area contributed by atoms with Crippen LogP contribution in [0.1, 0.15) is 18.1 Å². The van der Waals surface area contributed by atoms with E-state index in [0.717, 1.165) is 16.9 Å². The first-order chi connectivity index (χ1) is 12.1. The van der Waals surface area contributed by atoms with Crippen LogP contribution < -0.4 is 10.1 Å². The Bertz CT molecular complexity index is 723. The molecule has 5 nitrogen and oxygen atoms in total. The minimum absolute atomic E-state index is 0.338. The van der Waals surface area contributed by atoms with Crippen LogP contribution in [-0.2, 0) is 20.9 Å². The molecule has 0 heterocycles. The molecule has 130 valence electrons. The van der Waals surface area contributed by atoms with Gasteiger partial charge in [0.25, 0.3) is 5.91 Å². The molecule has 0 spiro atoms. The summed E-state index contributed by atoms with van der Waals surface area (Å²) in [6.45, 7) is 1.93. The number of nitrogens with one attached hydrogen (secondary N) is 1. The number of ether oxygens (including phenoxy) is 2. The Kier molecular flexibility index (Phi) is 6.77. The normalized spacial score (nSPS) is 11.8. The van der Waals surface area contributed by atoms with Crippen molar-refractivity contribution in [2.24, 2.45) is 0 Å². The number of methoxy groups -OCH3 is 1. The predicted molar refractivity (Wildman–Crippen MR) is 95.9 cm³/mol. The summed E-state index contributed by atoms with van der Waals surface area (Å²) in [5.74, 6) is -0.170. The van der Waals surface area contributed by atoms with E-state index in [9.17, 15) is 9.59 Å². The van der Waals surface area contributed by atoms with E-state index in [2.05, 4.69) is 5.32 Å². The zero-order valence-electron chi connectivity index (χ0n) is 14.3. The van der Waals surface area contributed by atoms with Crippen LogP contribution >= 0.6 is 0 Å². The molecule has 0 fully saturated rings. The van der Waals surface area contributed by atoms with Crippen molar-refractivity contribution in [3.8, 4) is 5.75 Å². The minimum atomic E-state index is -0.864. The molecule has 0 aromatic heterocycles. The fourth-order valence-corrected chi connectivity index (χ4v) is 2.08. The molecule has 2 aromatic carbocycles. The molecule has 1 N–H and O–H groups in total. The summed E-state index contributed by atoms with van der Waals surface area (Å²) in [6.07, 6.45) is 2.05. The predicted octanol–water partition coefficient (Wildman–Crippen LogP) is 2.96. The molecule has 0 bridgehead atoms. The van der Waals surface area contributed by atoms with Crippen molar-refractivity contribution in [3.63, 3.8) is 0 Å². The molecule has 2 aromatic rings. The van der Waals surface area contributed by atoms with Crippen molar-refractivity contribution in [1.82, 2.24) is 5.32 Å². The van der Waals surface area contributed by atoms with Crippen molar-refractivity contribution in [3.05, 3.63) is 71.8 Å². The number of hydrogen-bond acceptors (Lipinski definition) is 4. The number of carbonyl (C=O) groups excluding carboxylic acids is 2. The summed E-state index contributed by atoms with van der Waals surface area (Å²) in [6, 6.07) is 16.8. The van der Waals surface area contributed by atoms with Gasteiger partial charge in [0.15, 0.2) is 6.10 Å². The number of carbonyl (C=O) groups is 2. The Hall–Kier alpha value is -3.08. The fourth-order valence-electron chi connectivity index (χ4n) is 2.08. The molecule has 0 radical (unpaired) electrons. The third kappa shape index (κ3) is 6.14. The molecular weight excluding hydrogens is 318 g/mol. The molecule has 2 rings (SSSR count). The van der Waals surface area contributed by atoms with Crippen LogP contribution in [0, 0.1) is 0 Å². The van der Waals surface area contributed by atoms with E-state index in [1.807, 2.05) is 42.5 Å². The summed E-state index contributed by atoms with van der Waals surface area (Å²) in [5, 5.41) is 2.74. The Balaban J connectivity index is 1.80. The molecule has 0 saturated carbocycles. The molecule has 0 aliphatic heterocycles. The second-order valence-corrected chi connectivity index (χ2v) is 5.39. The quantitative estimate of drug-likeness (QED) is 0.622. The highest BCUT2D eigenvalue weighted by Crippen LogP contribution is 2.12. The van der Waals surface area contributed by atoms with Gasteiger partial charge in [-0.2, -0.15) is 0 Å². The van der Waals surface area contributed by atoms with Gasteiger partial charge >= 0.3 is 5.97 Å². The third-order valence-corrected chi connectivity index (χ3v) is 3.50. The second kappa shape index (κ2) is 9.27. The summed E-state index contributed by atoms with van der Waals surface area (Å²) in [7, 11) is 1.59. The zero-order valence-corrected chi connectivity index (χ0v) is 14.3. The molecule has 0 aliphatic rings. The van der Waals surface area contributed by atoms with Crippen molar-refractivity contribution < 1.29 is 19.1 Å². The Morgan fingerprint density at radius 1 is 1.08 bits per heavy atom. The highest BCUT2D eigenvalue weighted by Gasteiger charge is 2.15. The monoisotopic (exact) mass is 339 g/mol. The summed E-state index contributed by atoms with van der Waals surface area (Å²) in [5.41, 5.74) is 1.81. The maximum atomic E-state index is 12.0. The van der Waals surface area contributed by atoms with Crippen LogP contribution in [-0.4, -0.2) is 25.1 Å². The van der Waals surface area contributed by atoms with Gasteiger partial charge < -0.3 is 14.8 Å². The van der Waals surface area contributed by atoms with E-state index < -0.39 is 12.1 Å². The molecule has 0 unspecified atom stereocenters. The topological polar surface area (TPSA) is 64.6 Å². The van der Waals surface area contributed by atoms with Gasteiger partial charge in [-0.3, -0.25) is 4.79 Å². The largest absolute Gasteiger partial charge is 0.497 e. The molecule has 0 saturated heterocycles. The van der Waals surface area contributed by atoms with Gasteiger partial charge in [0, 0.05) is 12.6 Å². The van der Waals surface area contributed by atoms with Gasteiger partial charge in [-0.25, -0.2) is 4.79 Å². The Morgan fingerprint density at radius 3 is 2.40 bits per heavy atom. The lowest BCUT2D eigenvalue weighted by molar-refractivity contribution is -0.150. The van der Waals surface area contributed by atoms with Gasteiger partial charge in [-0.15, -0.1) is 0 Å². The summed E-state index contributed by atoms with van der Waals surface area (Å²) in [4.78, 5) is 23.8. The number of hydrogen-bond donors (Lipinski definition) is 1. The maximum absolute atomic E-state index is 12.0. The van der Waals surface area contributed by atoms with Crippen LogP contribution in [0.25, 0.3) is 6.08 Å². The maximum Gasteiger partial charge on any atom is 0.331 e. The molecular formula is C20H21NO4. The van der Waals surface area contributed by atoms with Crippen molar-refractivity contribution in [2.45, 2.75) is 19.6 Å². The summed E-state index contributed by atoms with van der Waals surface area (Å²) < 4.78 is 10.2. The minimum Gasteiger partial charge on any atom is -0.497 e. The number of rotatable bonds is 7. The molecule has 5 heteroatoms. The van der Waals surface area contributed by atoms with E-state index in [1.165, 1.54) is 6.08 Å². The molecule has 1 atom stereocenters. The first-order valence-electron chi connectivity index (χ1n) is 7.93. The van der Waals surface area contributed by atoms with Crippen LogP contribution in [0.5, 0.6) is 5.75 Å². The number of benzene rings is 2. The number of amides is 1. The van der Waals surface area contributed by atoms with Crippen LogP contribution in [0.2, 0.25) is 0 Å². The Morgan fingerprint density at radius 2 is 1.76 bits per heavy atom. The molecule has 1 amide bonds. The lowest BCUT2D eigenvalue weighted by Gasteiger charge is -2.12. The van der Waals surface area contributed by atoms with E-state index in [1.54, 1.807) is 32.2 Å². The SMILES string of the molecule is COc1ccc(/C=C/C(=O)O[C@H](C)C(=O)NCc2ccccc2)cc1. The zero-order chi connectivity index (χ0) is 18.1. The number of esters is 1. The smallest absolute Gasteiger partial charge is 0.331 e. The van der Waals surface area contributed by atoms with Gasteiger partial charge in [0.05, 0.1) is 7.11 Å². The average molecular weight is 339 g/mol. The van der Waals surface area contributed by atoms with E-state index in [-0.39, 0.29) is 5.91 Å². The summed E-state index contributed by atoms with van der Waals surface area (Å²) >= 11 is 0. The van der Waals surface area contributed by atoms with Crippen LogP contribution in [0.4, 0.5) is 0 Å². The highest BCUT2D eigenvalue weighted by atomic mass is 16.5. The van der Waals surface area contributed by atoms with Gasteiger partial charge in [0.1, 0.15) is 5.75 Å². The molecule has 25 heavy (non-hydrogen) atoms. The van der Waals surface area contributed by atoms with Crippen molar-refractivity contribution in [2.75, 3.05) is 7.11 Å². The second-order valence-electron chi connectivity index (χ2n) is 5.39. The van der Waals surface area contributed by atoms with E-state index >= 15 is 0 Å². The standard InChI is InChI=1S/C20H21NO4/c1-15(20(23)21-14-17-6-4-3-5-7-17)25-19(22)13-10-16-8-11-18(24-2)12-9-16/h3-13,15H,14H2,1-2H3,(H,21,23)/b13-10+/t15-/m1/s1. The van der Waals surface area contributed by atoms with Crippen LogP contribution in [0.15, 0.2) is 60.7 Å². The average Bonchev–Trinajstić information content (AvgIpc) is 2.65. The lowest BCUT2D eigenvalue weighted by Crippen LogP contribution is -2.35. The first kappa shape index (κ1) is 18.3. The third-order valence-electron chi connectivity index (χ3n) is 3.50. The fraction of sp³-hybridized carbons (Fsp3) is 0.200. The first-order valence-corrected chi connectivity index (χ1v) is 7.93. The molecule has 0 aliphatic carbocycles. The van der Waals surface area contributed by atoms with Gasteiger partial charge in [-0.1, -0.05) is 42.5 Å². The highest BCUT2D eigenvalue weighted by molar-refractivity contribution is 5.90.